The van der Waals surface area contributed by atoms with Crippen LogP contribution in [-0.4, -0.2) is 96.0 Å². The van der Waals surface area contributed by atoms with E-state index < -0.39 is 71.2 Å². The topological polar surface area (TPSA) is 186 Å². The van der Waals surface area contributed by atoms with Crippen molar-refractivity contribution < 1.29 is 56.8 Å². The van der Waals surface area contributed by atoms with Crippen LogP contribution >= 0.6 is 0 Å². The zero-order valence-electron chi connectivity index (χ0n) is 40.4. The molecule has 0 aromatic carbocycles. The number of hydrogen-bond donors (Lipinski definition) is 4. The van der Waals surface area contributed by atoms with Crippen LogP contribution in [0, 0.1) is 0 Å². The van der Waals surface area contributed by atoms with Crippen LogP contribution in [0.4, 0.5) is 0 Å². The summed E-state index contributed by atoms with van der Waals surface area (Å²) < 4.78 is 54.1. The lowest BCUT2D eigenvalue weighted by Crippen LogP contribution is -2.60. The molecule has 0 aliphatic carbocycles. The third-order valence-electron chi connectivity index (χ3n) is 12.0. The molecule has 0 aromatic heterocycles. The van der Waals surface area contributed by atoms with Crippen LogP contribution in [0.15, 0.2) is 24.3 Å². The van der Waals surface area contributed by atoms with Gasteiger partial charge in [-0.1, -0.05) is 199 Å². The third-order valence-corrected chi connectivity index (χ3v) is 12.8. The Morgan fingerprint density at radius 2 is 0.922 bits per heavy atom. The van der Waals surface area contributed by atoms with E-state index in [0.717, 1.165) is 38.5 Å². The van der Waals surface area contributed by atoms with Gasteiger partial charge in [0.1, 0.15) is 36.8 Å². The first kappa shape index (κ1) is 60.1. The van der Waals surface area contributed by atoms with Gasteiger partial charge >= 0.3 is 11.9 Å². The summed E-state index contributed by atoms with van der Waals surface area (Å²) in [6.45, 7) is 3.76. The van der Waals surface area contributed by atoms with E-state index in [2.05, 4.69) is 38.2 Å². The van der Waals surface area contributed by atoms with E-state index >= 15 is 0 Å². The highest BCUT2D eigenvalue weighted by Gasteiger charge is 2.46. The molecular formula is C51H94O12S. The maximum atomic E-state index is 12.8. The van der Waals surface area contributed by atoms with Crippen LogP contribution in [0.1, 0.15) is 232 Å². The minimum Gasteiger partial charge on any atom is -0.462 e. The van der Waals surface area contributed by atoms with E-state index in [1.165, 1.54) is 148 Å². The standard InChI is InChI=1S/C51H94O12S/c1-3-5-7-9-11-13-15-17-18-19-20-21-22-23-24-25-26-28-29-31-33-35-37-39-46(52)60-41-44(42-61-51-50(56)49(55)48(54)45(63-51)43-64(57,58)59)62-47(53)40-38-36-34-32-30-27-16-14-12-10-8-6-4-2/h25-26,31,33,44-45,48-51,54-56H,3-24,27-30,32,34-43H2,1-2H3,(H,57,58,59)/b26-25+,33-31+/t44-,45-,48-,49?,50?,51+/m1/s1. The third kappa shape index (κ3) is 35.3. The number of aliphatic hydroxyl groups is 3. The highest BCUT2D eigenvalue weighted by Crippen LogP contribution is 2.24. The summed E-state index contributed by atoms with van der Waals surface area (Å²) in [5, 5.41) is 30.9. The summed E-state index contributed by atoms with van der Waals surface area (Å²) in [6, 6.07) is 0. The Kier molecular flexibility index (Phi) is 38.8. The van der Waals surface area contributed by atoms with Crippen LogP contribution in [-0.2, 0) is 38.7 Å². The second kappa shape index (κ2) is 41.3. The monoisotopic (exact) mass is 931 g/mol. The molecule has 1 saturated heterocycles. The van der Waals surface area contributed by atoms with Crippen molar-refractivity contribution in [2.24, 2.45) is 0 Å². The van der Waals surface area contributed by atoms with Crippen LogP contribution in [0.25, 0.3) is 0 Å². The Labute approximate surface area is 389 Å². The van der Waals surface area contributed by atoms with E-state index in [1.807, 2.05) is 0 Å². The molecule has 0 aromatic rings. The predicted molar refractivity (Wildman–Crippen MR) is 256 cm³/mol. The molecule has 1 rings (SSSR count). The lowest BCUT2D eigenvalue weighted by molar-refractivity contribution is -0.297. The van der Waals surface area contributed by atoms with Gasteiger partial charge in [-0.05, 0) is 44.9 Å². The Morgan fingerprint density at radius 1 is 0.516 bits per heavy atom. The summed E-state index contributed by atoms with van der Waals surface area (Å²) in [6.07, 6.45) is 38.1. The highest BCUT2D eigenvalue weighted by atomic mass is 32.2. The van der Waals surface area contributed by atoms with E-state index in [9.17, 15) is 37.9 Å². The van der Waals surface area contributed by atoms with Crippen LogP contribution in [0.2, 0.25) is 0 Å². The summed E-state index contributed by atoms with van der Waals surface area (Å²) >= 11 is 0. The summed E-state index contributed by atoms with van der Waals surface area (Å²) in [7, 11) is -4.61. The second-order valence-corrected chi connectivity index (χ2v) is 19.7. The van der Waals surface area contributed by atoms with Gasteiger partial charge in [-0.2, -0.15) is 8.42 Å². The van der Waals surface area contributed by atoms with Gasteiger partial charge in [0.2, 0.25) is 0 Å². The van der Waals surface area contributed by atoms with Gasteiger partial charge in [0.15, 0.2) is 12.4 Å². The number of hydrogen-bond acceptors (Lipinski definition) is 11. The first-order valence-corrected chi connectivity index (χ1v) is 27.5. The van der Waals surface area contributed by atoms with Gasteiger partial charge in [0, 0.05) is 12.8 Å². The van der Waals surface area contributed by atoms with Crippen molar-refractivity contribution in [1.29, 1.82) is 0 Å². The molecule has 1 aliphatic heterocycles. The van der Waals surface area contributed by atoms with Crippen molar-refractivity contribution >= 4 is 22.1 Å². The molecule has 0 amide bonds. The molecule has 64 heavy (non-hydrogen) atoms. The molecule has 13 heteroatoms. The Bertz CT molecular complexity index is 1270. The second-order valence-electron chi connectivity index (χ2n) is 18.2. The number of carbonyl (C=O) groups excluding carboxylic acids is 2. The molecule has 1 aliphatic rings. The first-order chi connectivity index (χ1) is 31.0. The smallest absolute Gasteiger partial charge is 0.306 e. The molecule has 0 bridgehead atoms. The number of carbonyl (C=O) groups is 2. The normalized spacial score (nSPS) is 19.8. The molecule has 0 saturated carbocycles. The molecule has 1 heterocycles. The fourth-order valence-corrected chi connectivity index (χ4v) is 8.68. The van der Waals surface area contributed by atoms with Gasteiger partial charge in [0.05, 0.1) is 6.61 Å². The average Bonchev–Trinajstić information content (AvgIpc) is 3.26. The molecule has 0 spiro atoms. The molecular weight excluding hydrogens is 837 g/mol. The summed E-state index contributed by atoms with van der Waals surface area (Å²) in [5.41, 5.74) is 0. The number of rotatable bonds is 44. The van der Waals surface area contributed by atoms with Crippen molar-refractivity contribution in [2.45, 2.75) is 269 Å². The lowest BCUT2D eigenvalue weighted by atomic mass is 10.00. The number of ether oxygens (including phenoxy) is 4. The van der Waals surface area contributed by atoms with Crippen molar-refractivity contribution in [1.82, 2.24) is 0 Å². The number of allylic oxidation sites excluding steroid dienone is 4. The fraction of sp³-hybridized carbons (Fsp3) is 0.882. The minimum atomic E-state index is -4.61. The van der Waals surface area contributed by atoms with E-state index in [1.54, 1.807) is 0 Å². The largest absolute Gasteiger partial charge is 0.462 e. The van der Waals surface area contributed by atoms with Crippen molar-refractivity contribution in [2.75, 3.05) is 19.0 Å². The van der Waals surface area contributed by atoms with Gasteiger partial charge in [-0.3, -0.25) is 14.1 Å². The van der Waals surface area contributed by atoms with Gasteiger partial charge < -0.3 is 34.3 Å². The number of esters is 2. The molecule has 6 atom stereocenters. The molecule has 0 radical (unpaired) electrons. The highest BCUT2D eigenvalue weighted by molar-refractivity contribution is 7.85. The van der Waals surface area contributed by atoms with Crippen LogP contribution < -0.4 is 0 Å². The average molecular weight is 931 g/mol. The molecule has 2 unspecified atom stereocenters. The van der Waals surface area contributed by atoms with Crippen molar-refractivity contribution in [3.8, 4) is 0 Å². The van der Waals surface area contributed by atoms with Crippen LogP contribution in [0.5, 0.6) is 0 Å². The van der Waals surface area contributed by atoms with Crippen molar-refractivity contribution in [3.05, 3.63) is 24.3 Å². The Morgan fingerprint density at radius 3 is 1.39 bits per heavy atom. The molecule has 1 fully saturated rings. The summed E-state index contributed by atoms with van der Waals surface area (Å²) in [4.78, 5) is 25.5. The van der Waals surface area contributed by atoms with Gasteiger partial charge in [-0.15, -0.1) is 0 Å². The van der Waals surface area contributed by atoms with E-state index in [4.69, 9.17) is 18.9 Å². The first-order valence-electron chi connectivity index (χ1n) is 25.9. The number of aliphatic hydroxyl groups excluding tert-OH is 3. The Balaban J connectivity index is 2.36. The lowest BCUT2D eigenvalue weighted by Gasteiger charge is -2.40. The zero-order chi connectivity index (χ0) is 46.9. The predicted octanol–water partition coefficient (Wildman–Crippen LogP) is 11.6. The quantitative estimate of drug-likeness (QED) is 0.0196. The maximum Gasteiger partial charge on any atom is 0.306 e. The fourth-order valence-electron chi connectivity index (χ4n) is 7.99. The number of unbranched alkanes of at least 4 members (excludes halogenated alkanes) is 28. The molecule has 4 N–H and O–H groups in total. The van der Waals surface area contributed by atoms with Crippen LogP contribution in [0.3, 0.4) is 0 Å². The SMILES string of the molecule is CCCCCCCCCCCCCCCC/C=C/CC/C=C/CCCC(=O)OC[C@H](CO[C@H]1O[C@H](CS(=O)(=O)O)[C@@H](O)C(O)C1O)OC(=O)CCCCCCCCCCCCCCC. The van der Waals surface area contributed by atoms with Gasteiger partial charge in [-0.25, -0.2) is 0 Å². The summed E-state index contributed by atoms with van der Waals surface area (Å²) in [5.74, 6) is -2.02. The molecule has 12 nitrogen and oxygen atoms in total. The zero-order valence-corrected chi connectivity index (χ0v) is 41.2. The Hall–Kier alpha value is -1.87. The van der Waals surface area contributed by atoms with E-state index in [0.29, 0.717) is 19.3 Å². The van der Waals surface area contributed by atoms with Gasteiger partial charge in [0.25, 0.3) is 10.1 Å². The van der Waals surface area contributed by atoms with E-state index in [-0.39, 0.29) is 19.4 Å². The maximum absolute atomic E-state index is 12.8. The van der Waals surface area contributed by atoms with Crippen molar-refractivity contribution in [3.63, 3.8) is 0 Å². The minimum absolute atomic E-state index is 0.160. The molecule has 376 valence electrons.